The highest BCUT2D eigenvalue weighted by molar-refractivity contribution is 8.00. The van der Waals surface area contributed by atoms with Crippen molar-refractivity contribution in [3.8, 4) is 0 Å². The molecule has 0 aromatic heterocycles. The van der Waals surface area contributed by atoms with Crippen molar-refractivity contribution in [2.75, 3.05) is 5.75 Å². The molecule has 3 nitrogen and oxygen atoms in total. The minimum atomic E-state index is -0.553. The largest absolute Gasteiger partial charge is 0.459 e. The van der Waals surface area contributed by atoms with Crippen LogP contribution in [0.3, 0.4) is 0 Å². The van der Waals surface area contributed by atoms with Gasteiger partial charge in [-0.1, -0.05) is 17.7 Å². The van der Waals surface area contributed by atoms with E-state index in [-0.39, 0.29) is 11.7 Å². The summed E-state index contributed by atoms with van der Waals surface area (Å²) < 4.78 is 5.22. The molecule has 0 amide bonds. The second-order valence-corrected chi connectivity index (χ2v) is 6.67. The normalized spacial score (nSPS) is 13.2. The number of thioether (sulfide) groups is 1. The SMILES string of the molecule is C[C@@H](O)c1ccc(SCC(=O)OC(C)(C)C)c(Cl)c1. The maximum absolute atomic E-state index is 11.6. The summed E-state index contributed by atoms with van der Waals surface area (Å²) in [5.41, 5.74) is 0.282. The first-order valence-electron chi connectivity index (χ1n) is 6.01. The van der Waals surface area contributed by atoms with E-state index in [1.807, 2.05) is 20.8 Å². The van der Waals surface area contributed by atoms with Gasteiger partial charge in [0.15, 0.2) is 0 Å². The van der Waals surface area contributed by atoms with Crippen LogP contribution in [0.4, 0.5) is 0 Å². The number of aliphatic hydroxyl groups is 1. The predicted molar refractivity (Wildman–Crippen MR) is 78.7 cm³/mol. The number of rotatable bonds is 4. The van der Waals surface area contributed by atoms with Gasteiger partial charge in [-0.05, 0) is 45.4 Å². The molecular formula is C14H19ClO3S. The first kappa shape index (κ1) is 16.3. The molecule has 0 radical (unpaired) electrons. The molecule has 0 aliphatic heterocycles. The fourth-order valence-corrected chi connectivity index (χ4v) is 2.45. The molecule has 1 aromatic carbocycles. The molecule has 1 rings (SSSR count). The minimum absolute atomic E-state index is 0.213. The van der Waals surface area contributed by atoms with Crippen LogP contribution in [0.2, 0.25) is 5.02 Å². The van der Waals surface area contributed by atoms with E-state index in [0.717, 1.165) is 10.5 Å². The van der Waals surface area contributed by atoms with Crippen molar-refractivity contribution in [3.05, 3.63) is 28.8 Å². The molecule has 0 heterocycles. The Kier molecular flexibility index (Phi) is 5.71. The average Bonchev–Trinajstić information content (AvgIpc) is 2.24. The Labute approximate surface area is 123 Å². The molecule has 0 fully saturated rings. The summed E-state index contributed by atoms with van der Waals surface area (Å²) in [6.45, 7) is 7.18. The summed E-state index contributed by atoms with van der Waals surface area (Å²) >= 11 is 7.43. The van der Waals surface area contributed by atoms with E-state index in [1.54, 1.807) is 25.1 Å². The summed E-state index contributed by atoms with van der Waals surface area (Å²) in [6.07, 6.45) is -0.553. The van der Waals surface area contributed by atoms with Crippen LogP contribution in [-0.4, -0.2) is 22.4 Å². The summed E-state index contributed by atoms with van der Waals surface area (Å²) in [5, 5.41) is 9.98. The molecule has 5 heteroatoms. The number of carbonyl (C=O) groups excluding carboxylic acids is 1. The van der Waals surface area contributed by atoms with Crippen LogP contribution in [0.5, 0.6) is 0 Å². The monoisotopic (exact) mass is 302 g/mol. The Morgan fingerprint density at radius 2 is 2.11 bits per heavy atom. The van der Waals surface area contributed by atoms with Crippen molar-refractivity contribution in [2.45, 2.75) is 44.3 Å². The van der Waals surface area contributed by atoms with Crippen LogP contribution in [0, 0.1) is 0 Å². The molecule has 19 heavy (non-hydrogen) atoms. The number of halogens is 1. The van der Waals surface area contributed by atoms with Gasteiger partial charge in [0.2, 0.25) is 0 Å². The third-order valence-corrected chi connectivity index (χ3v) is 3.68. The third kappa shape index (κ3) is 5.85. The fraction of sp³-hybridized carbons (Fsp3) is 0.500. The van der Waals surface area contributed by atoms with Gasteiger partial charge in [-0.3, -0.25) is 4.79 Å². The van der Waals surface area contributed by atoms with Crippen molar-refractivity contribution >= 4 is 29.3 Å². The Morgan fingerprint density at radius 3 is 2.58 bits per heavy atom. The van der Waals surface area contributed by atoms with Crippen LogP contribution in [0.25, 0.3) is 0 Å². The van der Waals surface area contributed by atoms with E-state index in [1.165, 1.54) is 11.8 Å². The van der Waals surface area contributed by atoms with Crippen LogP contribution in [-0.2, 0) is 9.53 Å². The standard InChI is InChI=1S/C14H19ClO3S/c1-9(16)10-5-6-12(11(15)7-10)19-8-13(17)18-14(2,3)4/h5-7,9,16H,8H2,1-4H3/t9-/m1/s1. The van der Waals surface area contributed by atoms with Crippen LogP contribution in [0.1, 0.15) is 39.4 Å². The highest BCUT2D eigenvalue weighted by Crippen LogP contribution is 2.30. The first-order chi connectivity index (χ1) is 8.69. The minimum Gasteiger partial charge on any atom is -0.459 e. The molecule has 0 bridgehead atoms. The van der Waals surface area contributed by atoms with Gasteiger partial charge in [0.05, 0.1) is 16.9 Å². The van der Waals surface area contributed by atoms with Crippen LogP contribution < -0.4 is 0 Å². The summed E-state index contributed by atoms with van der Waals surface area (Å²) in [4.78, 5) is 12.4. The van der Waals surface area contributed by atoms with Gasteiger partial charge >= 0.3 is 5.97 Å². The number of esters is 1. The van der Waals surface area contributed by atoms with Gasteiger partial charge < -0.3 is 9.84 Å². The molecule has 1 aromatic rings. The van der Waals surface area contributed by atoms with E-state index in [0.29, 0.717) is 5.02 Å². The number of hydrogen-bond acceptors (Lipinski definition) is 4. The molecule has 1 N–H and O–H groups in total. The van der Waals surface area contributed by atoms with Gasteiger partial charge in [-0.25, -0.2) is 0 Å². The van der Waals surface area contributed by atoms with E-state index in [4.69, 9.17) is 16.3 Å². The number of ether oxygens (including phenoxy) is 1. The zero-order valence-corrected chi connectivity index (χ0v) is 13.1. The highest BCUT2D eigenvalue weighted by Gasteiger charge is 2.16. The van der Waals surface area contributed by atoms with E-state index in [2.05, 4.69) is 0 Å². The van der Waals surface area contributed by atoms with Gasteiger partial charge in [0, 0.05) is 4.90 Å². The second kappa shape index (κ2) is 6.64. The van der Waals surface area contributed by atoms with Crippen molar-refractivity contribution in [1.29, 1.82) is 0 Å². The number of benzene rings is 1. The smallest absolute Gasteiger partial charge is 0.316 e. The summed E-state index contributed by atoms with van der Waals surface area (Å²) in [5.74, 6) is -0.0569. The van der Waals surface area contributed by atoms with Gasteiger partial charge in [-0.2, -0.15) is 0 Å². The zero-order chi connectivity index (χ0) is 14.6. The van der Waals surface area contributed by atoms with E-state index >= 15 is 0 Å². The number of hydrogen-bond donors (Lipinski definition) is 1. The van der Waals surface area contributed by atoms with Crippen LogP contribution in [0.15, 0.2) is 23.1 Å². The zero-order valence-electron chi connectivity index (χ0n) is 11.6. The first-order valence-corrected chi connectivity index (χ1v) is 7.37. The lowest BCUT2D eigenvalue weighted by Gasteiger charge is -2.19. The maximum atomic E-state index is 11.6. The molecule has 0 saturated heterocycles. The molecule has 0 aliphatic carbocycles. The third-order valence-electron chi connectivity index (χ3n) is 2.20. The summed E-state index contributed by atoms with van der Waals surface area (Å²) in [6, 6.07) is 5.32. The Hall–Kier alpha value is -0.710. The Morgan fingerprint density at radius 1 is 1.47 bits per heavy atom. The molecule has 0 aliphatic rings. The Bertz CT molecular complexity index is 452. The number of aliphatic hydroxyl groups excluding tert-OH is 1. The lowest BCUT2D eigenvalue weighted by atomic mass is 10.1. The van der Waals surface area contributed by atoms with Gasteiger partial charge in [-0.15, -0.1) is 11.8 Å². The topological polar surface area (TPSA) is 46.5 Å². The average molecular weight is 303 g/mol. The number of carbonyl (C=O) groups is 1. The molecular weight excluding hydrogens is 284 g/mol. The Balaban J connectivity index is 2.61. The fourth-order valence-electron chi connectivity index (χ4n) is 1.40. The second-order valence-electron chi connectivity index (χ2n) is 5.24. The van der Waals surface area contributed by atoms with Crippen molar-refractivity contribution in [3.63, 3.8) is 0 Å². The lowest BCUT2D eigenvalue weighted by molar-refractivity contribution is -0.151. The quantitative estimate of drug-likeness (QED) is 0.678. The van der Waals surface area contributed by atoms with Crippen molar-refractivity contribution in [1.82, 2.24) is 0 Å². The van der Waals surface area contributed by atoms with Crippen molar-refractivity contribution in [2.24, 2.45) is 0 Å². The maximum Gasteiger partial charge on any atom is 0.316 e. The lowest BCUT2D eigenvalue weighted by Crippen LogP contribution is -2.24. The van der Waals surface area contributed by atoms with E-state index in [9.17, 15) is 9.90 Å². The van der Waals surface area contributed by atoms with Gasteiger partial charge in [0.25, 0.3) is 0 Å². The van der Waals surface area contributed by atoms with Crippen LogP contribution >= 0.6 is 23.4 Å². The molecule has 1 atom stereocenters. The highest BCUT2D eigenvalue weighted by atomic mass is 35.5. The van der Waals surface area contributed by atoms with E-state index < -0.39 is 11.7 Å². The molecule has 0 saturated carbocycles. The molecule has 0 spiro atoms. The van der Waals surface area contributed by atoms with Crippen molar-refractivity contribution < 1.29 is 14.6 Å². The van der Waals surface area contributed by atoms with Gasteiger partial charge in [0.1, 0.15) is 5.60 Å². The summed E-state index contributed by atoms with van der Waals surface area (Å²) in [7, 11) is 0. The predicted octanol–water partition coefficient (Wildman–Crippen LogP) is 3.83. The molecule has 106 valence electrons. The molecule has 0 unspecified atom stereocenters.